The van der Waals surface area contributed by atoms with Crippen LogP contribution in [0.5, 0.6) is 5.75 Å². The minimum Gasteiger partial charge on any atom is -0.486 e. The Labute approximate surface area is 126 Å². The highest BCUT2D eigenvalue weighted by Gasteiger charge is 2.10. The molecule has 0 saturated heterocycles. The third-order valence-electron chi connectivity index (χ3n) is 2.87. The molecule has 0 radical (unpaired) electrons. The van der Waals surface area contributed by atoms with Crippen LogP contribution >= 0.6 is 27.5 Å². The lowest BCUT2D eigenvalue weighted by atomic mass is 10.1. The van der Waals surface area contributed by atoms with Crippen LogP contribution in [0.4, 0.5) is 0 Å². The predicted octanol–water partition coefficient (Wildman–Crippen LogP) is 4.48. The molecule has 0 saturated carbocycles. The van der Waals surface area contributed by atoms with Gasteiger partial charge in [-0.25, -0.2) is 0 Å². The minimum absolute atomic E-state index is 0.0452. The van der Waals surface area contributed by atoms with Gasteiger partial charge in [-0.15, -0.1) is 0 Å². The van der Waals surface area contributed by atoms with Gasteiger partial charge in [-0.3, -0.25) is 0 Å². The second kappa shape index (κ2) is 6.42. The average Bonchev–Trinajstić information content (AvgIpc) is 2.39. The van der Waals surface area contributed by atoms with E-state index in [1.54, 1.807) is 12.1 Å². The first-order valence-corrected chi connectivity index (χ1v) is 7.05. The van der Waals surface area contributed by atoms with Gasteiger partial charge in [0.2, 0.25) is 0 Å². The molecule has 0 bridgehead atoms. The van der Waals surface area contributed by atoms with Crippen molar-refractivity contribution in [3.05, 3.63) is 62.6 Å². The lowest BCUT2D eigenvalue weighted by Gasteiger charge is -2.12. The van der Waals surface area contributed by atoms with Crippen LogP contribution in [-0.2, 0) is 13.2 Å². The van der Waals surface area contributed by atoms with E-state index >= 15 is 0 Å². The summed E-state index contributed by atoms with van der Waals surface area (Å²) in [5.41, 5.74) is 3.05. The molecule has 0 heterocycles. The summed E-state index contributed by atoms with van der Waals surface area (Å²) < 4.78 is 6.52. The molecular formula is C15H14BrClO2. The Kier molecular flexibility index (Phi) is 4.86. The molecule has 0 aliphatic carbocycles. The fourth-order valence-corrected chi connectivity index (χ4v) is 2.80. The minimum atomic E-state index is -0.0452. The molecule has 0 amide bonds. The Morgan fingerprint density at radius 1 is 1.26 bits per heavy atom. The van der Waals surface area contributed by atoms with Crippen molar-refractivity contribution < 1.29 is 9.84 Å². The molecule has 4 heteroatoms. The molecule has 100 valence electrons. The van der Waals surface area contributed by atoms with Crippen LogP contribution in [0.3, 0.4) is 0 Å². The van der Waals surface area contributed by atoms with E-state index < -0.39 is 0 Å². The Bertz CT molecular complexity index is 561. The number of hydrogen-bond acceptors (Lipinski definition) is 2. The molecule has 2 aromatic carbocycles. The number of ether oxygens (including phenoxy) is 1. The summed E-state index contributed by atoms with van der Waals surface area (Å²) in [7, 11) is 0. The predicted molar refractivity (Wildman–Crippen MR) is 80.6 cm³/mol. The van der Waals surface area contributed by atoms with Gasteiger partial charge in [0.05, 0.1) is 16.1 Å². The van der Waals surface area contributed by atoms with Gasteiger partial charge in [0, 0.05) is 0 Å². The molecule has 2 aromatic rings. The van der Waals surface area contributed by atoms with Gasteiger partial charge < -0.3 is 9.84 Å². The molecule has 2 nitrogen and oxygen atoms in total. The molecule has 1 N–H and O–H groups in total. The standard InChI is InChI=1S/C15H14BrClO2/c1-10-4-2-3-5-12(10)9-19-15-13(16)6-11(8-18)7-14(15)17/h2-7,18H,8-9H2,1H3. The topological polar surface area (TPSA) is 29.5 Å². The molecule has 0 atom stereocenters. The van der Waals surface area contributed by atoms with Gasteiger partial charge in [-0.05, 0) is 51.7 Å². The summed E-state index contributed by atoms with van der Waals surface area (Å²) in [4.78, 5) is 0. The van der Waals surface area contributed by atoms with E-state index in [1.807, 2.05) is 31.2 Å². The Hall–Kier alpha value is -1.03. The van der Waals surface area contributed by atoms with Crippen LogP contribution in [0.2, 0.25) is 5.02 Å². The van der Waals surface area contributed by atoms with Gasteiger partial charge in [-0.2, -0.15) is 0 Å². The summed E-state index contributed by atoms with van der Waals surface area (Å²) in [6, 6.07) is 11.6. The SMILES string of the molecule is Cc1ccccc1COc1c(Cl)cc(CO)cc1Br. The highest BCUT2D eigenvalue weighted by molar-refractivity contribution is 9.10. The van der Waals surface area contributed by atoms with E-state index in [2.05, 4.69) is 15.9 Å². The van der Waals surface area contributed by atoms with Crippen molar-refractivity contribution in [2.45, 2.75) is 20.1 Å². The summed E-state index contributed by atoms with van der Waals surface area (Å²) >= 11 is 9.56. The summed E-state index contributed by atoms with van der Waals surface area (Å²) in [6.45, 7) is 2.46. The zero-order chi connectivity index (χ0) is 13.8. The second-order valence-corrected chi connectivity index (χ2v) is 5.52. The van der Waals surface area contributed by atoms with E-state index in [4.69, 9.17) is 21.4 Å². The van der Waals surface area contributed by atoms with E-state index in [1.165, 1.54) is 5.56 Å². The fourth-order valence-electron chi connectivity index (χ4n) is 1.76. The van der Waals surface area contributed by atoms with E-state index in [0.717, 1.165) is 15.6 Å². The van der Waals surface area contributed by atoms with Crippen LogP contribution in [0.1, 0.15) is 16.7 Å². The largest absolute Gasteiger partial charge is 0.486 e. The van der Waals surface area contributed by atoms with Gasteiger partial charge in [0.15, 0.2) is 5.75 Å². The lowest BCUT2D eigenvalue weighted by molar-refractivity contribution is 0.280. The number of hydrogen-bond donors (Lipinski definition) is 1. The second-order valence-electron chi connectivity index (χ2n) is 4.26. The number of aliphatic hydroxyl groups excluding tert-OH is 1. The normalized spacial score (nSPS) is 10.5. The van der Waals surface area contributed by atoms with Crippen LogP contribution in [0.15, 0.2) is 40.9 Å². The average molecular weight is 342 g/mol. The molecule has 19 heavy (non-hydrogen) atoms. The number of halogens is 2. The Morgan fingerprint density at radius 3 is 2.63 bits per heavy atom. The molecule has 0 aliphatic heterocycles. The molecule has 0 aromatic heterocycles. The van der Waals surface area contributed by atoms with Gasteiger partial charge in [-0.1, -0.05) is 35.9 Å². The monoisotopic (exact) mass is 340 g/mol. The molecular weight excluding hydrogens is 328 g/mol. The maximum Gasteiger partial charge on any atom is 0.152 e. The highest BCUT2D eigenvalue weighted by atomic mass is 79.9. The maximum absolute atomic E-state index is 9.10. The lowest BCUT2D eigenvalue weighted by Crippen LogP contribution is -1.99. The number of aryl methyl sites for hydroxylation is 1. The Morgan fingerprint density at radius 2 is 2.00 bits per heavy atom. The van der Waals surface area contributed by atoms with Crippen molar-refractivity contribution in [2.24, 2.45) is 0 Å². The third kappa shape index (κ3) is 3.50. The number of rotatable bonds is 4. The first-order valence-electron chi connectivity index (χ1n) is 5.88. The van der Waals surface area contributed by atoms with Gasteiger partial charge in [0.25, 0.3) is 0 Å². The van der Waals surface area contributed by atoms with Crippen molar-refractivity contribution in [2.75, 3.05) is 0 Å². The molecule has 2 rings (SSSR count). The quantitative estimate of drug-likeness (QED) is 0.888. The first-order chi connectivity index (χ1) is 9.11. The number of aliphatic hydroxyl groups is 1. The van der Waals surface area contributed by atoms with Crippen molar-refractivity contribution in [1.29, 1.82) is 0 Å². The van der Waals surface area contributed by atoms with Crippen LogP contribution < -0.4 is 4.74 Å². The third-order valence-corrected chi connectivity index (χ3v) is 3.74. The maximum atomic E-state index is 9.10. The van der Waals surface area contributed by atoms with Crippen LogP contribution in [-0.4, -0.2) is 5.11 Å². The van der Waals surface area contributed by atoms with Crippen LogP contribution in [0.25, 0.3) is 0 Å². The zero-order valence-corrected chi connectivity index (χ0v) is 12.8. The van der Waals surface area contributed by atoms with Crippen LogP contribution in [0, 0.1) is 6.92 Å². The summed E-state index contributed by atoms with van der Waals surface area (Å²) in [5.74, 6) is 0.599. The fraction of sp³-hybridized carbons (Fsp3) is 0.200. The molecule has 0 fully saturated rings. The van der Waals surface area contributed by atoms with E-state index in [9.17, 15) is 0 Å². The van der Waals surface area contributed by atoms with Crippen molar-refractivity contribution in [3.63, 3.8) is 0 Å². The summed E-state index contributed by atoms with van der Waals surface area (Å²) in [5, 5.41) is 9.59. The van der Waals surface area contributed by atoms with Gasteiger partial charge >= 0.3 is 0 Å². The van der Waals surface area contributed by atoms with E-state index in [-0.39, 0.29) is 6.61 Å². The Balaban J connectivity index is 2.18. The zero-order valence-electron chi connectivity index (χ0n) is 10.5. The van der Waals surface area contributed by atoms with E-state index in [0.29, 0.717) is 17.4 Å². The van der Waals surface area contributed by atoms with Crippen molar-refractivity contribution in [3.8, 4) is 5.75 Å². The smallest absolute Gasteiger partial charge is 0.152 e. The molecule has 0 unspecified atom stereocenters. The van der Waals surface area contributed by atoms with Crippen molar-refractivity contribution in [1.82, 2.24) is 0 Å². The van der Waals surface area contributed by atoms with Gasteiger partial charge in [0.1, 0.15) is 6.61 Å². The molecule has 0 aliphatic rings. The number of benzene rings is 2. The first kappa shape index (κ1) is 14.4. The highest BCUT2D eigenvalue weighted by Crippen LogP contribution is 2.35. The summed E-state index contributed by atoms with van der Waals surface area (Å²) in [6.07, 6.45) is 0. The van der Waals surface area contributed by atoms with Crippen molar-refractivity contribution >= 4 is 27.5 Å². The molecule has 0 spiro atoms.